The summed E-state index contributed by atoms with van der Waals surface area (Å²) in [5.74, 6) is -0.421. The van der Waals surface area contributed by atoms with Crippen LogP contribution < -0.4 is 0 Å². The Kier molecular flexibility index (Phi) is 5.36. The molecule has 0 saturated carbocycles. The molecule has 0 N–H and O–H groups in total. The SMILES string of the molecule is C=CC(=O)O[C@H](C)COC1CCCCO1. The first-order valence-electron chi connectivity index (χ1n) is 5.28. The minimum atomic E-state index is -0.421. The van der Waals surface area contributed by atoms with Gasteiger partial charge in [0, 0.05) is 12.7 Å². The molecule has 0 aliphatic carbocycles. The van der Waals surface area contributed by atoms with Gasteiger partial charge in [0.05, 0.1) is 6.61 Å². The highest BCUT2D eigenvalue weighted by Gasteiger charge is 2.16. The molecule has 86 valence electrons. The van der Waals surface area contributed by atoms with Gasteiger partial charge in [-0.3, -0.25) is 0 Å². The van der Waals surface area contributed by atoms with Crippen molar-refractivity contribution in [2.75, 3.05) is 13.2 Å². The van der Waals surface area contributed by atoms with E-state index >= 15 is 0 Å². The van der Waals surface area contributed by atoms with Crippen LogP contribution in [0.25, 0.3) is 0 Å². The molecule has 1 rings (SSSR count). The zero-order valence-electron chi connectivity index (χ0n) is 9.11. The van der Waals surface area contributed by atoms with E-state index in [2.05, 4.69) is 6.58 Å². The van der Waals surface area contributed by atoms with E-state index in [4.69, 9.17) is 14.2 Å². The van der Waals surface area contributed by atoms with E-state index in [1.54, 1.807) is 6.92 Å². The summed E-state index contributed by atoms with van der Waals surface area (Å²) in [6.45, 7) is 6.23. The third-order valence-electron chi connectivity index (χ3n) is 2.14. The molecule has 0 aromatic carbocycles. The molecular formula is C11H18O4. The van der Waals surface area contributed by atoms with Gasteiger partial charge in [0.1, 0.15) is 6.10 Å². The average Bonchev–Trinajstić information content (AvgIpc) is 2.27. The van der Waals surface area contributed by atoms with Crippen LogP contribution in [0.2, 0.25) is 0 Å². The quantitative estimate of drug-likeness (QED) is 0.515. The minimum absolute atomic E-state index is 0.136. The molecule has 0 spiro atoms. The topological polar surface area (TPSA) is 44.8 Å². The summed E-state index contributed by atoms with van der Waals surface area (Å²) in [5.41, 5.74) is 0. The second-order valence-electron chi connectivity index (χ2n) is 3.58. The first kappa shape index (κ1) is 12.2. The van der Waals surface area contributed by atoms with Crippen molar-refractivity contribution in [2.24, 2.45) is 0 Å². The Hall–Kier alpha value is -0.870. The number of ether oxygens (including phenoxy) is 3. The van der Waals surface area contributed by atoms with Crippen LogP contribution in [0.5, 0.6) is 0 Å². The summed E-state index contributed by atoms with van der Waals surface area (Å²) >= 11 is 0. The minimum Gasteiger partial charge on any atom is -0.457 e. The van der Waals surface area contributed by atoms with Gasteiger partial charge in [0.2, 0.25) is 0 Å². The Labute approximate surface area is 90.2 Å². The van der Waals surface area contributed by atoms with Crippen LogP contribution in [0.3, 0.4) is 0 Å². The Morgan fingerprint density at radius 2 is 2.47 bits per heavy atom. The standard InChI is InChI=1S/C11H18O4/c1-3-10(12)15-9(2)8-14-11-6-4-5-7-13-11/h3,9,11H,1,4-8H2,2H3/t9-,11?/m1/s1. The Morgan fingerprint density at radius 3 is 3.07 bits per heavy atom. The van der Waals surface area contributed by atoms with Crippen LogP contribution in [0, 0.1) is 0 Å². The summed E-state index contributed by atoms with van der Waals surface area (Å²) in [4.78, 5) is 10.8. The number of carbonyl (C=O) groups is 1. The molecular weight excluding hydrogens is 196 g/mol. The molecule has 2 atom stereocenters. The monoisotopic (exact) mass is 214 g/mol. The predicted octanol–water partition coefficient (Wildman–Crippen LogP) is 1.65. The highest BCUT2D eigenvalue weighted by atomic mass is 16.7. The molecule has 4 nitrogen and oxygen atoms in total. The van der Waals surface area contributed by atoms with Crippen molar-refractivity contribution in [3.8, 4) is 0 Å². The van der Waals surface area contributed by atoms with E-state index < -0.39 is 5.97 Å². The van der Waals surface area contributed by atoms with E-state index in [9.17, 15) is 4.79 Å². The first-order chi connectivity index (χ1) is 7.22. The largest absolute Gasteiger partial charge is 0.457 e. The molecule has 1 saturated heterocycles. The normalized spacial score (nSPS) is 23.1. The smallest absolute Gasteiger partial charge is 0.330 e. The molecule has 1 aliphatic rings. The molecule has 0 amide bonds. The maximum Gasteiger partial charge on any atom is 0.330 e. The Morgan fingerprint density at radius 1 is 1.67 bits per heavy atom. The van der Waals surface area contributed by atoms with Gasteiger partial charge >= 0.3 is 5.97 Å². The first-order valence-corrected chi connectivity index (χ1v) is 5.28. The van der Waals surface area contributed by atoms with Gasteiger partial charge in [-0.1, -0.05) is 6.58 Å². The molecule has 0 radical (unpaired) electrons. The molecule has 15 heavy (non-hydrogen) atoms. The third-order valence-corrected chi connectivity index (χ3v) is 2.14. The fourth-order valence-corrected chi connectivity index (χ4v) is 1.37. The second-order valence-corrected chi connectivity index (χ2v) is 3.58. The summed E-state index contributed by atoms with van der Waals surface area (Å²) in [6.07, 6.45) is 3.90. The Bertz CT molecular complexity index is 209. The fraction of sp³-hybridized carbons (Fsp3) is 0.727. The van der Waals surface area contributed by atoms with Crippen molar-refractivity contribution in [3.63, 3.8) is 0 Å². The lowest BCUT2D eigenvalue weighted by Crippen LogP contribution is -2.27. The molecule has 1 fully saturated rings. The van der Waals surface area contributed by atoms with Gasteiger partial charge < -0.3 is 14.2 Å². The number of carbonyl (C=O) groups excluding carboxylic acids is 1. The van der Waals surface area contributed by atoms with Gasteiger partial charge in [-0.05, 0) is 26.2 Å². The van der Waals surface area contributed by atoms with E-state index in [1.165, 1.54) is 0 Å². The van der Waals surface area contributed by atoms with E-state index in [0.717, 1.165) is 31.9 Å². The van der Waals surface area contributed by atoms with E-state index in [-0.39, 0.29) is 12.4 Å². The van der Waals surface area contributed by atoms with Crippen molar-refractivity contribution < 1.29 is 19.0 Å². The van der Waals surface area contributed by atoms with Crippen LogP contribution in [-0.4, -0.2) is 31.6 Å². The maximum absolute atomic E-state index is 10.8. The molecule has 0 aromatic rings. The summed E-state index contributed by atoms with van der Waals surface area (Å²) < 4.78 is 15.8. The summed E-state index contributed by atoms with van der Waals surface area (Å²) in [7, 11) is 0. The summed E-state index contributed by atoms with van der Waals surface area (Å²) in [5, 5.41) is 0. The highest BCUT2D eigenvalue weighted by Crippen LogP contribution is 2.14. The van der Waals surface area contributed by atoms with E-state index in [0.29, 0.717) is 6.61 Å². The van der Waals surface area contributed by atoms with Crippen molar-refractivity contribution in [1.82, 2.24) is 0 Å². The lowest BCUT2D eigenvalue weighted by molar-refractivity contribution is -0.181. The maximum atomic E-state index is 10.8. The predicted molar refractivity (Wildman–Crippen MR) is 55.3 cm³/mol. The number of rotatable bonds is 5. The third kappa shape index (κ3) is 4.95. The van der Waals surface area contributed by atoms with Gasteiger partial charge in [-0.25, -0.2) is 4.79 Å². The van der Waals surface area contributed by atoms with Gasteiger partial charge in [0.15, 0.2) is 6.29 Å². The zero-order valence-corrected chi connectivity index (χ0v) is 9.11. The van der Waals surface area contributed by atoms with Crippen LogP contribution in [-0.2, 0) is 19.0 Å². The fourth-order valence-electron chi connectivity index (χ4n) is 1.37. The van der Waals surface area contributed by atoms with Crippen molar-refractivity contribution in [2.45, 2.75) is 38.6 Å². The van der Waals surface area contributed by atoms with Crippen molar-refractivity contribution in [3.05, 3.63) is 12.7 Å². The van der Waals surface area contributed by atoms with Crippen LogP contribution in [0.4, 0.5) is 0 Å². The number of hydrogen-bond donors (Lipinski definition) is 0. The van der Waals surface area contributed by atoms with Crippen LogP contribution in [0.1, 0.15) is 26.2 Å². The lowest BCUT2D eigenvalue weighted by Gasteiger charge is -2.24. The van der Waals surface area contributed by atoms with Crippen molar-refractivity contribution >= 4 is 5.97 Å². The molecule has 0 aromatic heterocycles. The average molecular weight is 214 g/mol. The summed E-state index contributed by atoms with van der Waals surface area (Å²) in [6, 6.07) is 0. The van der Waals surface area contributed by atoms with Crippen LogP contribution in [0.15, 0.2) is 12.7 Å². The molecule has 1 unspecified atom stereocenters. The molecule has 1 heterocycles. The Balaban J connectivity index is 2.12. The van der Waals surface area contributed by atoms with Gasteiger partial charge in [0.25, 0.3) is 0 Å². The molecule has 1 aliphatic heterocycles. The van der Waals surface area contributed by atoms with Crippen molar-refractivity contribution in [1.29, 1.82) is 0 Å². The number of esters is 1. The number of hydrogen-bond acceptors (Lipinski definition) is 4. The second kappa shape index (κ2) is 6.58. The molecule has 0 bridgehead atoms. The van der Waals surface area contributed by atoms with Gasteiger partial charge in [-0.2, -0.15) is 0 Å². The van der Waals surface area contributed by atoms with E-state index in [1.807, 2.05) is 0 Å². The zero-order chi connectivity index (χ0) is 11.1. The lowest BCUT2D eigenvalue weighted by atomic mass is 10.2. The van der Waals surface area contributed by atoms with Crippen LogP contribution >= 0.6 is 0 Å². The molecule has 4 heteroatoms. The van der Waals surface area contributed by atoms with Gasteiger partial charge in [-0.15, -0.1) is 0 Å². The highest BCUT2D eigenvalue weighted by molar-refractivity contribution is 5.81.